The molecule has 0 fully saturated rings. The number of benzene rings is 4. The van der Waals surface area contributed by atoms with Crippen LogP contribution in [0.1, 0.15) is 0 Å². The van der Waals surface area contributed by atoms with Gasteiger partial charge in [0, 0.05) is 16.2 Å². The summed E-state index contributed by atoms with van der Waals surface area (Å²) in [4.78, 5) is 4.82. The van der Waals surface area contributed by atoms with Crippen molar-refractivity contribution in [2.75, 3.05) is 0 Å². The molecule has 4 heteroatoms. The normalized spacial score (nSPS) is 10.8. The van der Waals surface area contributed by atoms with Gasteiger partial charge in [0.15, 0.2) is 0 Å². The summed E-state index contributed by atoms with van der Waals surface area (Å²) in [7, 11) is -0.605. The summed E-state index contributed by atoms with van der Waals surface area (Å²) in [6, 6.07) is 35.8. The standard InChI is InChI=1S/C25H18BNO2/c1-3-11-20(12-4-1)28-26(29-21-13-5-2-6-14-21)23-15-9-17-25-22(23)18-19-10-7-8-16-24(19)27-25/h1-18H. The lowest BCUT2D eigenvalue weighted by atomic mass is 9.76. The molecule has 3 nitrogen and oxygen atoms in total. The molecule has 0 spiro atoms. The molecule has 4 aromatic carbocycles. The first-order valence-electron chi connectivity index (χ1n) is 9.59. The molecule has 0 saturated carbocycles. The van der Waals surface area contributed by atoms with Crippen LogP contribution in [0.25, 0.3) is 21.8 Å². The van der Waals surface area contributed by atoms with Crippen LogP contribution in [-0.2, 0) is 0 Å². The monoisotopic (exact) mass is 375 g/mol. The zero-order valence-corrected chi connectivity index (χ0v) is 15.7. The molecule has 1 aromatic heterocycles. The highest BCUT2D eigenvalue weighted by atomic mass is 16.6. The molecule has 5 rings (SSSR count). The maximum absolute atomic E-state index is 6.27. The molecule has 0 bridgehead atoms. The Bertz CT molecular complexity index is 1220. The Morgan fingerprint density at radius 3 is 1.83 bits per heavy atom. The van der Waals surface area contributed by atoms with Gasteiger partial charge in [-0.25, -0.2) is 4.98 Å². The third-order valence-corrected chi connectivity index (χ3v) is 4.82. The van der Waals surface area contributed by atoms with Crippen molar-refractivity contribution in [3.63, 3.8) is 0 Å². The fourth-order valence-corrected chi connectivity index (χ4v) is 3.42. The van der Waals surface area contributed by atoms with Gasteiger partial charge < -0.3 is 9.31 Å². The summed E-state index contributed by atoms with van der Waals surface area (Å²) in [6.07, 6.45) is 0. The quantitative estimate of drug-likeness (QED) is 0.311. The molecule has 0 aliphatic rings. The molecular weight excluding hydrogens is 357 g/mol. The van der Waals surface area contributed by atoms with Crippen molar-refractivity contribution in [3.8, 4) is 11.5 Å². The fourth-order valence-electron chi connectivity index (χ4n) is 3.42. The third kappa shape index (κ3) is 3.65. The maximum atomic E-state index is 6.27. The minimum absolute atomic E-state index is 0.605. The van der Waals surface area contributed by atoms with Crippen molar-refractivity contribution >= 4 is 34.4 Å². The summed E-state index contributed by atoms with van der Waals surface area (Å²) in [5.74, 6) is 1.50. The first-order valence-corrected chi connectivity index (χ1v) is 9.59. The maximum Gasteiger partial charge on any atom is 0.633 e. The molecule has 0 amide bonds. The molecule has 0 unspecified atom stereocenters. The SMILES string of the molecule is c1ccc(OB(Oc2ccccc2)c2cccc3nc4ccccc4cc23)cc1. The van der Waals surface area contributed by atoms with Crippen molar-refractivity contribution in [1.82, 2.24) is 4.98 Å². The number of hydrogen-bond acceptors (Lipinski definition) is 3. The van der Waals surface area contributed by atoms with E-state index in [0.717, 1.165) is 38.8 Å². The minimum Gasteiger partial charge on any atom is -0.522 e. The van der Waals surface area contributed by atoms with E-state index in [-0.39, 0.29) is 0 Å². The van der Waals surface area contributed by atoms with Crippen LogP contribution in [0.4, 0.5) is 0 Å². The molecule has 5 aromatic rings. The van der Waals surface area contributed by atoms with Gasteiger partial charge >= 0.3 is 7.12 Å². The first-order chi connectivity index (χ1) is 14.4. The van der Waals surface area contributed by atoms with E-state index in [1.54, 1.807) is 0 Å². The van der Waals surface area contributed by atoms with Crippen LogP contribution >= 0.6 is 0 Å². The van der Waals surface area contributed by atoms with Gasteiger partial charge in [0.2, 0.25) is 0 Å². The Morgan fingerprint density at radius 1 is 0.552 bits per heavy atom. The van der Waals surface area contributed by atoms with E-state index in [2.05, 4.69) is 12.1 Å². The van der Waals surface area contributed by atoms with Crippen LogP contribution in [0.15, 0.2) is 109 Å². The van der Waals surface area contributed by atoms with E-state index in [9.17, 15) is 0 Å². The van der Waals surface area contributed by atoms with Gasteiger partial charge in [-0.05, 0) is 42.5 Å². The molecule has 29 heavy (non-hydrogen) atoms. The fraction of sp³-hybridized carbons (Fsp3) is 0. The lowest BCUT2D eigenvalue weighted by Gasteiger charge is -2.18. The van der Waals surface area contributed by atoms with Gasteiger partial charge in [-0.1, -0.05) is 66.7 Å². The molecule has 0 saturated heterocycles. The predicted molar refractivity (Wildman–Crippen MR) is 119 cm³/mol. The lowest BCUT2D eigenvalue weighted by Crippen LogP contribution is -2.43. The Balaban J connectivity index is 1.64. The molecule has 1 heterocycles. The molecule has 0 radical (unpaired) electrons. The van der Waals surface area contributed by atoms with Crippen molar-refractivity contribution in [2.24, 2.45) is 0 Å². The van der Waals surface area contributed by atoms with Crippen LogP contribution < -0.4 is 14.8 Å². The number of nitrogens with zero attached hydrogens (tertiary/aromatic N) is 1. The van der Waals surface area contributed by atoms with Crippen molar-refractivity contribution in [3.05, 3.63) is 109 Å². The summed E-state index contributed by atoms with van der Waals surface area (Å²) in [5, 5.41) is 2.11. The Kier molecular flexibility index (Phi) is 4.59. The van der Waals surface area contributed by atoms with E-state index in [4.69, 9.17) is 14.3 Å². The topological polar surface area (TPSA) is 31.4 Å². The van der Waals surface area contributed by atoms with Gasteiger partial charge in [0.1, 0.15) is 11.5 Å². The number of para-hydroxylation sites is 3. The second-order valence-electron chi connectivity index (χ2n) is 6.79. The molecule has 0 atom stereocenters. The van der Waals surface area contributed by atoms with E-state index in [1.165, 1.54) is 0 Å². The van der Waals surface area contributed by atoms with Gasteiger partial charge in [-0.15, -0.1) is 0 Å². The smallest absolute Gasteiger partial charge is 0.522 e. The lowest BCUT2D eigenvalue weighted by molar-refractivity contribution is 0.439. The third-order valence-electron chi connectivity index (χ3n) is 4.82. The van der Waals surface area contributed by atoms with Crippen molar-refractivity contribution < 1.29 is 9.31 Å². The first kappa shape index (κ1) is 17.3. The van der Waals surface area contributed by atoms with Crippen LogP contribution in [0.3, 0.4) is 0 Å². The zero-order valence-electron chi connectivity index (χ0n) is 15.7. The van der Waals surface area contributed by atoms with Gasteiger partial charge in [0.05, 0.1) is 11.0 Å². The summed E-state index contributed by atoms with van der Waals surface area (Å²) in [6.45, 7) is 0. The van der Waals surface area contributed by atoms with Crippen molar-refractivity contribution in [2.45, 2.75) is 0 Å². The van der Waals surface area contributed by atoms with E-state index < -0.39 is 7.12 Å². The number of hydrogen-bond donors (Lipinski definition) is 0. The van der Waals surface area contributed by atoms with Gasteiger partial charge in [-0.3, -0.25) is 0 Å². The van der Waals surface area contributed by atoms with Crippen LogP contribution in [0, 0.1) is 0 Å². The van der Waals surface area contributed by atoms with Gasteiger partial charge in [-0.2, -0.15) is 0 Å². The van der Waals surface area contributed by atoms with Crippen LogP contribution in [0.5, 0.6) is 11.5 Å². The molecule has 0 aliphatic heterocycles. The highest BCUT2D eigenvalue weighted by Gasteiger charge is 2.29. The average Bonchev–Trinajstić information content (AvgIpc) is 2.78. The summed E-state index contributed by atoms with van der Waals surface area (Å²) < 4.78 is 12.5. The second-order valence-corrected chi connectivity index (χ2v) is 6.79. The molecular formula is C25H18BNO2. The van der Waals surface area contributed by atoms with Gasteiger partial charge in [0.25, 0.3) is 0 Å². The molecule has 138 valence electrons. The zero-order chi connectivity index (χ0) is 19.5. The number of pyridine rings is 1. The van der Waals surface area contributed by atoms with E-state index in [0.29, 0.717) is 0 Å². The average molecular weight is 375 g/mol. The minimum atomic E-state index is -0.605. The summed E-state index contributed by atoms with van der Waals surface area (Å²) in [5.41, 5.74) is 2.83. The Morgan fingerprint density at radius 2 is 1.14 bits per heavy atom. The molecule has 0 N–H and O–H groups in total. The number of aromatic nitrogens is 1. The largest absolute Gasteiger partial charge is 0.633 e. The van der Waals surface area contributed by atoms with E-state index in [1.807, 2.05) is 97.1 Å². The number of rotatable bonds is 5. The number of fused-ring (bicyclic) bond motifs is 2. The highest BCUT2D eigenvalue weighted by molar-refractivity contribution is 6.65. The second kappa shape index (κ2) is 7.68. The Labute approximate surface area is 169 Å². The van der Waals surface area contributed by atoms with Crippen LogP contribution in [0.2, 0.25) is 0 Å². The predicted octanol–water partition coefficient (Wildman–Crippen LogP) is 5.24. The molecule has 0 aliphatic carbocycles. The van der Waals surface area contributed by atoms with Crippen LogP contribution in [-0.4, -0.2) is 12.1 Å². The Hall–Kier alpha value is -3.79. The summed E-state index contributed by atoms with van der Waals surface area (Å²) >= 11 is 0. The van der Waals surface area contributed by atoms with E-state index >= 15 is 0 Å². The highest BCUT2D eigenvalue weighted by Crippen LogP contribution is 2.21. The van der Waals surface area contributed by atoms with Crippen molar-refractivity contribution in [1.29, 1.82) is 0 Å².